The van der Waals surface area contributed by atoms with E-state index >= 15 is 0 Å². The number of carbonyl (C=O) groups excluding carboxylic acids is 1. The van der Waals surface area contributed by atoms with Gasteiger partial charge in [-0.1, -0.05) is 30.3 Å². The Morgan fingerprint density at radius 3 is 2.71 bits per heavy atom. The fourth-order valence-electron chi connectivity index (χ4n) is 4.17. The SMILES string of the molecule is Cc1c(C(=O)N(Cc2nc3ccccc3c(=O)[nH]2)C[C@@H]2CCCO2)oc2ccccc12. The van der Waals surface area contributed by atoms with Crippen molar-refractivity contribution < 1.29 is 13.9 Å². The minimum atomic E-state index is -0.236. The average Bonchev–Trinajstić information content (AvgIpc) is 3.41. The molecule has 1 atom stereocenters. The van der Waals surface area contributed by atoms with E-state index < -0.39 is 0 Å². The van der Waals surface area contributed by atoms with Gasteiger partial charge in [0.25, 0.3) is 11.5 Å². The second-order valence-corrected chi connectivity index (χ2v) is 7.90. The highest BCUT2D eigenvalue weighted by Crippen LogP contribution is 2.27. The molecule has 1 saturated heterocycles. The van der Waals surface area contributed by atoms with E-state index in [0.717, 1.165) is 23.8 Å². The maximum Gasteiger partial charge on any atom is 0.290 e. The van der Waals surface area contributed by atoms with E-state index in [1.54, 1.807) is 23.1 Å². The minimum absolute atomic E-state index is 0.0409. The van der Waals surface area contributed by atoms with Crippen LogP contribution in [-0.4, -0.2) is 40.0 Å². The van der Waals surface area contributed by atoms with Crippen molar-refractivity contribution in [3.8, 4) is 0 Å². The fourth-order valence-corrected chi connectivity index (χ4v) is 4.17. The number of aryl methyl sites for hydroxylation is 1. The van der Waals surface area contributed by atoms with Crippen molar-refractivity contribution in [1.82, 2.24) is 14.9 Å². The number of rotatable bonds is 5. The summed E-state index contributed by atoms with van der Waals surface area (Å²) in [6, 6.07) is 14.8. The summed E-state index contributed by atoms with van der Waals surface area (Å²) >= 11 is 0. The molecule has 1 aliphatic heterocycles. The summed E-state index contributed by atoms with van der Waals surface area (Å²) in [7, 11) is 0. The molecule has 1 fully saturated rings. The Labute approximate surface area is 178 Å². The van der Waals surface area contributed by atoms with E-state index in [-0.39, 0.29) is 24.1 Å². The Morgan fingerprint density at radius 2 is 1.94 bits per heavy atom. The number of hydrogen-bond acceptors (Lipinski definition) is 5. The number of amides is 1. The first kappa shape index (κ1) is 19.5. The summed E-state index contributed by atoms with van der Waals surface area (Å²) in [6.07, 6.45) is 1.83. The van der Waals surface area contributed by atoms with Crippen molar-refractivity contribution in [1.29, 1.82) is 0 Å². The van der Waals surface area contributed by atoms with E-state index in [4.69, 9.17) is 9.15 Å². The zero-order chi connectivity index (χ0) is 21.4. The molecule has 1 amide bonds. The lowest BCUT2D eigenvalue weighted by Crippen LogP contribution is -2.38. The highest BCUT2D eigenvalue weighted by molar-refractivity contribution is 5.98. The quantitative estimate of drug-likeness (QED) is 0.534. The Hall–Kier alpha value is -3.45. The molecule has 7 heteroatoms. The number of nitrogens with zero attached hydrogens (tertiary/aromatic N) is 2. The number of para-hydroxylation sites is 2. The number of H-pyrrole nitrogens is 1. The average molecular weight is 417 g/mol. The van der Waals surface area contributed by atoms with Crippen molar-refractivity contribution in [2.45, 2.75) is 32.4 Å². The Balaban J connectivity index is 1.51. The maximum absolute atomic E-state index is 13.5. The van der Waals surface area contributed by atoms with Gasteiger partial charge >= 0.3 is 0 Å². The molecule has 0 saturated carbocycles. The molecule has 1 N–H and O–H groups in total. The van der Waals surface area contributed by atoms with Crippen molar-refractivity contribution >= 4 is 27.8 Å². The van der Waals surface area contributed by atoms with Crippen LogP contribution in [0.15, 0.2) is 57.7 Å². The molecule has 1 aliphatic rings. The molecular formula is C24H23N3O4. The number of carbonyl (C=O) groups is 1. The van der Waals surface area contributed by atoms with Gasteiger partial charge in [0.2, 0.25) is 0 Å². The molecule has 7 nitrogen and oxygen atoms in total. The van der Waals surface area contributed by atoms with Gasteiger partial charge in [-0.25, -0.2) is 4.98 Å². The molecule has 2 aromatic heterocycles. The number of nitrogens with one attached hydrogen (secondary N) is 1. The summed E-state index contributed by atoms with van der Waals surface area (Å²) in [6.45, 7) is 3.15. The van der Waals surface area contributed by atoms with Crippen molar-refractivity contribution in [2.75, 3.05) is 13.2 Å². The second-order valence-electron chi connectivity index (χ2n) is 7.90. The molecule has 31 heavy (non-hydrogen) atoms. The summed E-state index contributed by atoms with van der Waals surface area (Å²) < 4.78 is 11.7. The second kappa shape index (κ2) is 8.00. The molecule has 158 valence electrons. The lowest BCUT2D eigenvalue weighted by Gasteiger charge is -2.24. The molecule has 2 aromatic carbocycles. The minimum Gasteiger partial charge on any atom is -0.451 e. The number of aromatic amines is 1. The first-order valence-electron chi connectivity index (χ1n) is 10.5. The first-order valence-corrected chi connectivity index (χ1v) is 10.5. The monoisotopic (exact) mass is 417 g/mol. The van der Waals surface area contributed by atoms with Crippen LogP contribution in [0.3, 0.4) is 0 Å². The Bertz CT molecular complexity index is 1320. The van der Waals surface area contributed by atoms with Gasteiger partial charge in [-0.15, -0.1) is 0 Å². The third-order valence-corrected chi connectivity index (χ3v) is 5.78. The van der Waals surface area contributed by atoms with Crippen LogP contribution in [-0.2, 0) is 11.3 Å². The summed E-state index contributed by atoms with van der Waals surface area (Å²) in [5.74, 6) is 0.506. The van der Waals surface area contributed by atoms with Crippen LogP contribution in [0, 0.1) is 6.92 Å². The van der Waals surface area contributed by atoms with Gasteiger partial charge in [0.1, 0.15) is 11.4 Å². The van der Waals surface area contributed by atoms with Crippen molar-refractivity contribution in [3.05, 3.63) is 76.0 Å². The summed E-state index contributed by atoms with van der Waals surface area (Å²) in [5, 5.41) is 1.44. The van der Waals surface area contributed by atoms with Crippen LogP contribution >= 0.6 is 0 Å². The highest BCUT2D eigenvalue weighted by atomic mass is 16.5. The smallest absolute Gasteiger partial charge is 0.290 e. The van der Waals surface area contributed by atoms with E-state index in [1.165, 1.54) is 0 Å². The molecule has 0 bridgehead atoms. The zero-order valence-electron chi connectivity index (χ0n) is 17.3. The van der Waals surface area contributed by atoms with Gasteiger partial charge < -0.3 is 19.0 Å². The van der Waals surface area contributed by atoms with Crippen molar-refractivity contribution in [2.24, 2.45) is 0 Å². The van der Waals surface area contributed by atoms with E-state index in [2.05, 4.69) is 9.97 Å². The Kier molecular flexibility index (Phi) is 5.03. The van der Waals surface area contributed by atoms with Crippen LogP contribution in [0.5, 0.6) is 0 Å². The van der Waals surface area contributed by atoms with E-state index in [1.807, 2.05) is 37.3 Å². The van der Waals surface area contributed by atoms with Gasteiger partial charge in [-0.3, -0.25) is 9.59 Å². The van der Waals surface area contributed by atoms with Gasteiger partial charge in [0.05, 0.1) is 23.6 Å². The summed E-state index contributed by atoms with van der Waals surface area (Å²) in [4.78, 5) is 35.1. The number of furan rings is 1. The van der Waals surface area contributed by atoms with Gasteiger partial charge in [0, 0.05) is 24.1 Å². The third-order valence-electron chi connectivity index (χ3n) is 5.78. The predicted octanol–water partition coefficient (Wildman–Crippen LogP) is 3.80. The summed E-state index contributed by atoms with van der Waals surface area (Å²) in [5.41, 5.74) is 1.87. The third kappa shape index (κ3) is 3.72. The number of fused-ring (bicyclic) bond motifs is 2. The lowest BCUT2D eigenvalue weighted by atomic mass is 10.1. The highest BCUT2D eigenvalue weighted by Gasteiger charge is 2.28. The topological polar surface area (TPSA) is 88.4 Å². The Morgan fingerprint density at radius 1 is 1.16 bits per heavy atom. The molecule has 0 radical (unpaired) electrons. The van der Waals surface area contributed by atoms with Crippen LogP contribution in [0.1, 0.15) is 34.8 Å². The first-order chi connectivity index (χ1) is 15.1. The molecule has 0 unspecified atom stereocenters. The van der Waals surface area contributed by atoms with Crippen LogP contribution in [0.4, 0.5) is 0 Å². The molecule has 4 aromatic rings. The fraction of sp³-hybridized carbons (Fsp3) is 0.292. The van der Waals surface area contributed by atoms with Crippen molar-refractivity contribution in [3.63, 3.8) is 0 Å². The van der Waals surface area contributed by atoms with Crippen LogP contribution in [0.2, 0.25) is 0 Å². The van der Waals surface area contributed by atoms with Crippen LogP contribution in [0.25, 0.3) is 21.9 Å². The number of hydrogen-bond donors (Lipinski definition) is 1. The van der Waals surface area contributed by atoms with E-state index in [9.17, 15) is 9.59 Å². The van der Waals surface area contributed by atoms with Gasteiger partial charge in [-0.2, -0.15) is 0 Å². The molecular weight excluding hydrogens is 394 g/mol. The number of benzene rings is 2. The zero-order valence-corrected chi connectivity index (χ0v) is 17.3. The predicted molar refractivity (Wildman–Crippen MR) is 117 cm³/mol. The normalized spacial score (nSPS) is 16.2. The molecule has 0 spiro atoms. The molecule has 3 heterocycles. The van der Waals surface area contributed by atoms with Crippen LogP contribution < -0.4 is 5.56 Å². The van der Waals surface area contributed by atoms with E-state index in [0.29, 0.717) is 41.2 Å². The number of ether oxygens (including phenoxy) is 1. The standard InChI is InChI=1S/C24H23N3O4/c1-15-17-8-3-5-11-20(17)31-22(15)24(29)27(13-16-7-6-12-30-16)14-21-25-19-10-4-2-9-18(19)23(28)26-21/h2-5,8-11,16H,6-7,12-14H2,1H3,(H,25,26,28)/t16-/m0/s1. The molecule has 5 rings (SSSR count). The van der Waals surface area contributed by atoms with Gasteiger partial charge in [-0.05, 0) is 38.0 Å². The van der Waals surface area contributed by atoms with Gasteiger partial charge in [0.15, 0.2) is 5.76 Å². The molecule has 0 aliphatic carbocycles. The number of aromatic nitrogens is 2. The largest absolute Gasteiger partial charge is 0.451 e. The maximum atomic E-state index is 13.5. The lowest BCUT2D eigenvalue weighted by molar-refractivity contribution is 0.0479.